The van der Waals surface area contributed by atoms with Crippen LogP contribution in [0.3, 0.4) is 0 Å². The Hall–Kier alpha value is -0.670. The third-order valence-electron chi connectivity index (χ3n) is 5.18. The molecule has 0 aliphatic carbocycles. The molecule has 214 valence electrons. The zero-order valence-corrected chi connectivity index (χ0v) is 20.9. The Bertz CT molecular complexity index is 1040. The Morgan fingerprint density at radius 1 is 0.750 bits per heavy atom. The van der Waals surface area contributed by atoms with E-state index in [1.165, 1.54) is 6.92 Å². The lowest BCUT2D eigenvalue weighted by Gasteiger charge is -2.47. The molecule has 2 aliphatic heterocycles. The molecule has 0 saturated carbocycles. The van der Waals surface area contributed by atoms with E-state index in [1.54, 1.807) is 0 Å². The van der Waals surface area contributed by atoms with Crippen molar-refractivity contribution in [3.8, 4) is 0 Å². The predicted molar refractivity (Wildman–Crippen MR) is 108 cm³/mol. The number of aliphatic hydroxyl groups excluding tert-OH is 3. The van der Waals surface area contributed by atoms with Crippen molar-refractivity contribution in [3.63, 3.8) is 0 Å². The van der Waals surface area contributed by atoms with Gasteiger partial charge < -0.3 is 34.3 Å². The second-order valence-corrected chi connectivity index (χ2v) is 10.8. The molecule has 22 heteroatoms. The van der Waals surface area contributed by atoms with E-state index < -0.39 is 106 Å². The van der Waals surface area contributed by atoms with Crippen LogP contribution in [0, 0.1) is 5.92 Å². The van der Waals surface area contributed by atoms with Crippen LogP contribution in [0.5, 0.6) is 0 Å². The molecule has 0 aromatic rings. The van der Waals surface area contributed by atoms with Gasteiger partial charge >= 0.3 is 31.2 Å². The Balaban J connectivity index is 2.46. The van der Waals surface area contributed by atoms with Gasteiger partial charge in [0.15, 0.2) is 18.7 Å². The Morgan fingerprint density at radius 2 is 1.28 bits per heavy atom. The molecule has 2 fully saturated rings. The van der Waals surface area contributed by atoms with Crippen molar-refractivity contribution in [2.45, 2.75) is 62.2 Å². The SMILES string of the molecule is CO[C@H]1OC(COS(=O)(=O)O)C(O[C@@H]2OC(CO)C(O)[C@H](C)C2OS(=O)(=O)O)[C@H](O)C1OS(=O)(=O)O. The van der Waals surface area contributed by atoms with Crippen LogP contribution < -0.4 is 0 Å². The lowest BCUT2D eigenvalue weighted by molar-refractivity contribution is -0.347. The fraction of sp³-hybridized carbons (Fsp3) is 1.00. The maximum Gasteiger partial charge on any atom is 0.397 e. The van der Waals surface area contributed by atoms with Gasteiger partial charge in [0.25, 0.3) is 0 Å². The van der Waals surface area contributed by atoms with Gasteiger partial charge in [-0.25, -0.2) is 12.5 Å². The summed E-state index contributed by atoms with van der Waals surface area (Å²) in [7, 11) is -14.6. The summed E-state index contributed by atoms with van der Waals surface area (Å²) in [5, 5.41) is 30.5. The highest BCUT2D eigenvalue weighted by Crippen LogP contribution is 2.34. The van der Waals surface area contributed by atoms with Gasteiger partial charge in [-0.15, -0.1) is 0 Å². The van der Waals surface area contributed by atoms with Crippen LogP contribution in [0.2, 0.25) is 0 Å². The smallest absolute Gasteiger partial charge is 0.394 e. The highest BCUT2D eigenvalue weighted by atomic mass is 32.3. The van der Waals surface area contributed by atoms with Crippen LogP contribution in [-0.4, -0.2) is 130 Å². The van der Waals surface area contributed by atoms with Crippen LogP contribution >= 0.6 is 0 Å². The van der Waals surface area contributed by atoms with Gasteiger partial charge in [0.1, 0.15) is 30.5 Å². The molecular weight excluding hydrogens is 568 g/mol. The van der Waals surface area contributed by atoms with Gasteiger partial charge in [-0.2, -0.15) is 25.3 Å². The first-order valence-electron chi connectivity index (χ1n) is 9.76. The lowest BCUT2D eigenvalue weighted by atomic mass is 9.90. The molecule has 10 atom stereocenters. The molecule has 2 heterocycles. The number of hydrogen-bond acceptors (Lipinski definition) is 16. The summed E-state index contributed by atoms with van der Waals surface area (Å²) < 4.78 is 128. The first kappa shape index (κ1) is 31.5. The Kier molecular flexibility index (Phi) is 10.5. The lowest BCUT2D eigenvalue weighted by Crippen LogP contribution is -2.64. The Labute approximate surface area is 205 Å². The molecule has 0 aromatic heterocycles. The number of methoxy groups -OCH3 is 1. The van der Waals surface area contributed by atoms with Crippen LogP contribution in [0.15, 0.2) is 0 Å². The van der Waals surface area contributed by atoms with E-state index in [2.05, 4.69) is 12.5 Å². The zero-order valence-electron chi connectivity index (χ0n) is 18.4. The quantitative estimate of drug-likeness (QED) is 0.124. The third-order valence-corrected chi connectivity index (χ3v) is 6.55. The molecule has 0 amide bonds. The van der Waals surface area contributed by atoms with Crippen molar-refractivity contribution in [3.05, 3.63) is 0 Å². The third kappa shape index (κ3) is 8.69. The number of ether oxygens (including phenoxy) is 4. The fourth-order valence-electron chi connectivity index (χ4n) is 3.58. The van der Waals surface area contributed by atoms with E-state index in [0.717, 1.165) is 7.11 Å². The highest BCUT2D eigenvalue weighted by molar-refractivity contribution is 7.81. The minimum atomic E-state index is -5.25. The van der Waals surface area contributed by atoms with Crippen molar-refractivity contribution in [2.24, 2.45) is 5.92 Å². The van der Waals surface area contributed by atoms with E-state index in [1.807, 2.05) is 0 Å². The molecule has 2 rings (SSSR count). The molecule has 0 bridgehead atoms. The normalized spacial score (nSPS) is 38.7. The topological polar surface area (TPSA) is 288 Å². The molecule has 6 N–H and O–H groups in total. The molecule has 0 radical (unpaired) electrons. The summed E-state index contributed by atoms with van der Waals surface area (Å²) in [5.41, 5.74) is 0. The molecular formula is C14H26O19S3. The van der Waals surface area contributed by atoms with Gasteiger partial charge in [0.05, 0.1) is 19.3 Å². The van der Waals surface area contributed by atoms with E-state index in [4.69, 9.17) is 32.6 Å². The Morgan fingerprint density at radius 3 is 1.75 bits per heavy atom. The fourth-order valence-corrected chi connectivity index (χ4v) is 4.92. The van der Waals surface area contributed by atoms with Gasteiger partial charge in [-0.05, 0) is 0 Å². The zero-order chi connectivity index (χ0) is 27.6. The number of aliphatic hydroxyl groups is 3. The van der Waals surface area contributed by atoms with Crippen molar-refractivity contribution >= 4 is 31.2 Å². The summed E-state index contributed by atoms with van der Waals surface area (Å²) >= 11 is 0. The van der Waals surface area contributed by atoms with Gasteiger partial charge in [0, 0.05) is 13.0 Å². The second-order valence-electron chi connectivity index (χ2n) is 7.63. The minimum absolute atomic E-state index is 0.830. The molecule has 6 unspecified atom stereocenters. The van der Waals surface area contributed by atoms with Crippen LogP contribution in [0.25, 0.3) is 0 Å². The molecule has 0 spiro atoms. The van der Waals surface area contributed by atoms with Crippen molar-refractivity contribution in [1.29, 1.82) is 0 Å². The molecule has 2 aliphatic rings. The number of hydrogen-bond donors (Lipinski definition) is 6. The van der Waals surface area contributed by atoms with E-state index in [9.17, 15) is 40.6 Å². The largest absolute Gasteiger partial charge is 0.397 e. The summed E-state index contributed by atoms with van der Waals surface area (Å²) in [4.78, 5) is 0. The molecule has 36 heavy (non-hydrogen) atoms. The first-order valence-corrected chi connectivity index (χ1v) is 13.9. The summed E-state index contributed by atoms with van der Waals surface area (Å²) in [6.07, 6.45) is -16.6. The summed E-state index contributed by atoms with van der Waals surface area (Å²) in [6, 6.07) is 0. The average molecular weight is 595 g/mol. The van der Waals surface area contributed by atoms with Crippen LogP contribution in [0.4, 0.5) is 0 Å². The molecule has 0 aromatic carbocycles. The van der Waals surface area contributed by atoms with E-state index >= 15 is 0 Å². The standard InChI is InChI=1S/C14H26O19S3/c1-5-8(16)6(3-15)29-14(10(5)32-35(21,22)23)31-11-7(4-28-34(18,19)20)30-13(27-2)12(9(11)17)33-36(24,25)26/h5-17H,3-4H2,1-2H3,(H,18,19,20)(H,21,22,23)(H,24,25,26)/t5-,6?,7?,8?,9-,10?,11?,12?,13-,14-/m0/s1. The molecule has 19 nitrogen and oxygen atoms in total. The summed E-state index contributed by atoms with van der Waals surface area (Å²) in [6.45, 7) is -0.708. The van der Waals surface area contributed by atoms with Gasteiger partial charge in [-0.3, -0.25) is 13.7 Å². The van der Waals surface area contributed by atoms with Crippen molar-refractivity contribution in [2.75, 3.05) is 20.3 Å². The van der Waals surface area contributed by atoms with Crippen molar-refractivity contribution in [1.82, 2.24) is 0 Å². The van der Waals surface area contributed by atoms with E-state index in [0.29, 0.717) is 0 Å². The minimum Gasteiger partial charge on any atom is -0.394 e. The monoisotopic (exact) mass is 594 g/mol. The highest BCUT2D eigenvalue weighted by Gasteiger charge is 2.53. The maximum atomic E-state index is 11.3. The van der Waals surface area contributed by atoms with E-state index in [-0.39, 0.29) is 0 Å². The second kappa shape index (κ2) is 12.0. The van der Waals surface area contributed by atoms with Crippen LogP contribution in [-0.2, 0) is 62.7 Å². The van der Waals surface area contributed by atoms with Gasteiger partial charge in [0.2, 0.25) is 0 Å². The summed E-state index contributed by atoms with van der Waals surface area (Å²) in [5.74, 6) is -1.23. The molecule has 2 saturated heterocycles. The predicted octanol–water partition coefficient (Wildman–Crippen LogP) is -3.99. The average Bonchev–Trinajstić information content (AvgIpc) is 2.72. The van der Waals surface area contributed by atoms with Gasteiger partial charge in [-0.1, -0.05) is 6.92 Å². The maximum absolute atomic E-state index is 11.3. The number of rotatable bonds is 11. The van der Waals surface area contributed by atoms with Crippen molar-refractivity contribution < 1.29 is 85.7 Å². The first-order chi connectivity index (χ1) is 16.4. The van der Waals surface area contributed by atoms with Crippen LogP contribution in [0.1, 0.15) is 6.92 Å².